The molecule has 1 aromatic heterocycles. The maximum atomic E-state index is 8.67. The Hall–Kier alpha value is -1.67. The van der Waals surface area contributed by atoms with Gasteiger partial charge in [-0.25, -0.2) is 9.97 Å². The molecule has 1 aliphatic rings. The topological polar surface area (TPSA) is 64.8 Å². The molecule has 0 aliphatic carbocycles. The van der Waals surface area contributed by atoms with Gasteiger partial charge in [0, 0.05) is 25.2 Å². The van der Waals surface area contributed by atoms with E-state index in [1.807, 2.05) is 6.07 Å². The monoisotopic (exact) mass is 217 g/mol. The quantitative estimate of drug-likeness (QED) is 0.743. The first-order chi connectivity index (χ1) is 7.61. The largest absolute Gasteiger partial charge is 0.338 e. The highest BCUT2D eigenvalue weighted by Crippen LogP contribution is 2.15. The summed E-state index contributed by atoms with van der Waals surface area (Å²) >= 11 is 0. The Kier molecular flexibility index (Phi) is 2.75. The number of hydrogen-bond acceptors (Lipinski definition) is 5. The van der Waals surface area contributed by atoms with E-state index in [4.69, 9.17) is 5.26 Å². The molecule has 2 heterocycles. The first kappa shape index (κ1) is 10.8. The first-order valence-corrected chi connectivity index (χ1v) is 5.33. The van der Waals surface area contributed by atoms with Crippen molar-refractivity contribution in [1.29, 1.82) is 5.26 Å². The van der Waals surface area contributed by atoms with Gasteiger partial charge in [-0.15, -0.1) is 0 Å². The molecule has 1 aliphatic heterocycles. The Bertz CT molecular complexity index is 403. The zero-order valence-corrected chi connectivity index (χ0v) is 9.56. The molecule has 0 radical (unpaired) electrons. The van der Waals surface area contributed by atoms with Crippen LogP contribution in [0.1, 0.15) is 19.4 Å². The van der Waals surface area contributed by atoms with Gasteiger partial charge in [-0.1, -0.05) is 0 Å². The zero-order valence-electron chi connectivity index (χ0n) is 9.56. The SMILES string of the molecule is CC1(C)CN(c2ncc(C#N)cn2)CCN1. The van der Waals surface area contributed by atoms with Crippen LogP contribution in [0.25, 0.3) is 0 Å². The Labute approximate surface area is 95.1 Å². The third-order valence-electron chi connectivity index (χ3n) is 2.62. The fourth-order valence-corrected chi connectivity index (χ4v) is 1.85. The Morgan fingerprint density at radius 2 is 2.12 bits per heavy atom. The van der Waals surface area contributed by atoms with Crippen LogP contribution in [0.4, 0.5) is 5.95 Å². The Morgan fingerprint density at radius 3 is 2.69 bits per heavy atom. The highest BCUT2D eigenvalue weighted by atomic mass is 15.3. The predicted molar refractivity (Wildman–Crippen MR) is 61.0 cm³/mol. The van der Waals surface area contributed by atoms with Crippen LogP contribution in [-0.4, -0.2) is 35.1 Å². The molecule has 2 rings (SSSR count). The second-order valence-electron chi connectivity index (χ2n) is 4.62. The summed E-state index contributed by atoms with van der Waals surface area (Å²) in [5.74, 6) is 0.702. The van der Waals surface area contributed by atoms with Crippen LogP contribution in [0.5, 0.6) is 0 Å². The molecule has 1 saturated heterocycles. The maximum Gasteiger partial charge on any atom is 0.225 e. The van der Waals surface area contributed by atoms with Gasteiger partial charge in [0.1, 0.15) is 6.07 Å². The molecule has 5 heteroatoms. The van der Waals surface area contributed by atoms with Crippen LogP contribution in [0.3, 0.4) is 0 Å². The van der Waals surface area contributed by atoms with E-state index in [2.05, 4.69) is 34.0 Å². The molecular weight excluding hydrogens is 202 g/mol. The summed E-state index contributed by atoms with van der Waals surface area (Å²) in [6, 6.07) is 2.02. The smallest absolute Gasteiger partial charge is 0.225 e. The van der Waals surface area contributed by atoms with Crippen molar-refractivity contribution in [2.75, 3.05) is 24.5 Å². The van der Waals surface area contributed by atoms with Gasteiger partial charge in [-0.3, -0.25) is 0 Å². The summed E-state index contributed by atoms with van der Waals surface area (Å²) in [4.78, 5) is 10.5. The van der Waals surface area contributed by atoms with Crippen molar-refractivity contribution in [3.8, 4) is 6.07 Å². The highest BCUT2D eigenvalue weighted by molar-refractivity contribution is 5.34. The molecule has 0 aromatic carbocycles. The summed E-state index contributed by atoms with van der Waals surface area (Å²) in [6.07, 6.45) is 3.13. The number of nitrogens with zero attached hydrogens (tertiary/aromatic N) is 4. The van der Waals surface area contributed by atoms with E-state index in [1.165, 1.54) is 0 Å². The number of piperazine rings is 1. The molecule has 0 spiro atoms. The van der Waals surface area contributed by atoms with E-state index in [0.717, 1.165) is 19.6 Å². The fraction of sp³-hybridized carbons (Fsp3) is 0.545. The van der Waals surface area contributed by atoms with E-state index in [1.54, 1.807) is 12.4 Å². The standard InChI is InChI=1S/C11H15N5/c1-11(2)8-16(4-3-15-11)10-13-6-9(5-12)7-14-10/h6-7,15H,3-4,8H2,1-2H3. The van der Waals surface area contributed by atoms with Crippen molar-refractivity contribution >= 4 is 5.95 Å². The molecule has 0 unspecified atom stereocenters. The fourth-order valence-electron chi connectivity index (χ4n) is 1.85. The van der Waals surface area contributed by atoms with Crippen molar-refractivity contribution in [2.24, 2.45) is 0 Å². The molecule has 84 valence electrons. The number of anilines is 1. The Morgan fingerprint density at radius 1 is 1.44 bits per heavy atom. The zero-order chi connectivity index (χ0) is 11.6. The lowest BCUT2D eigenvalue weighted by Gasteiger charge is -2.39. The number of rotatable bonds is 1. The van der Waals surface area contributed by atoms with Gasteiger partial charge in [0.05, 0.1) is 18.0 Å². The van der Waals surface area contributed by atoms with Gasteiger partial charge >= 0.3 is 0 Å². The van der Waals surface area contributed by atoms with E-state index >= 15 is 0 Å². The number of aromatic nitrogens is 2. The summed E-state index contributed by atoms with van der Waals surface area (Å²) in [6.45, 7) is 7.01. The van der Waals surface area contributed by atoms with Gasteiger partial charge in [0.15, 0.2) is 0 Å². The molecule has 5 nitrogen and oxygen atoms in total. The van der Waals surface area contributed by atoms with Crippen molar-refractivity contribution in [1.82, 2.24) is 15.3 Å². The van der Waals surface area contributed by atoms with Crippen LogP contribution in [0.15, 0.2) is 12.4 Å². The molecular formula is C11H15N5. The molecule has 16 heavy (non-hydrogen) atoms. The lowest BCUT2D eigenvalue weighted by Crippen LogP contribution is -2.57. The summed E-state index contributed by atoms with van der Waals surface area (Å²) in [7, 11) is 0. The normalized spacial score (nSPS) is 19.2. The molecule has 0 bridgehead atoms. The summed E-state index contributed by atoms with van der Waals surface area (Å²) in [5.41, 5.74) is 0.577. The third-order valence-corrected chi connectivity index (χ3v) is 2.62. The van der Waals surface area contributed by atoms with Crippen LogP contribution in [0, 0.1) is 11.3 Å². The third kappa shape index (κ3) is 2.28. The van der Waals surface area contributed by atoms with Crippen LogP contribution in [-0.2, 0) is 0 Å². The highest BCUT2D eigenvalue weighted by Gasteiger charge is 2.26. The average molecular weight is 217 g/mol. The number of nitrogens with one attached hydrogen (secondary N) is 1. The van der Waals surface area contributed by atoms with E-state index < -0.39 is 0 Å². The van der Waals surface area contributed by atoms with Crippen LogP contribution in [0.2, 0.25) is 0 Å². The molecule has 1 N–H and O–H groups in total. The minimum absolute atomic E-state index is 0.0789. The minimum atomic E-state index is 0.0789. The van der Waals surface area contributed by atoms with E-state index in [-0.39, 0.29) is 5.54 Å². The van der Waals surface area contributed by atoms with Crippen LogP contribution < -0.4 is 10.2 Å². The van der Waals surface area contributed by atoms with Gasteiger partial charge in [-0.05, 0) is 13.8 Å². The van der Waals surface area contributed by atoms with Gasteiger partial charge in [0.2, 0.25) is 5.95 Å². The van der Waals surface area contributed by atoms with Crippen molar-refractivity contribution in [2.45, 2.75) is 19.4 Å². The summed E-state index contributed by atoms with van der Waals surface area (Å²) in [5, 5.41) is 12.1. The van der Waals surface area contributed by atoms with Crippen molar-refractivity contribution < 1.29 is 0 Å². The average Bonchev–Trinajstić information content (AvgIpc) is 2.28. The predicted octanol–water partition coefficient (Wildman–Crippen LogP) is 0.536. The maximum absolute atomic E-state index is 8.67. The second kappa shape index (κ2) is 4.06. The van der Waals surface area contributed by atoms with Crippen molar-refractivity contribution in [3.05, 3.63) is 18.0 Å². The lowest BCUT2D eigenvalue weighted by molar-refractivity contribution is 0.350. The molecule has 0 amide bonds. The summed E-state index contributed by atoms with van der Waals surface area (Å²) < 4.78 is 0. The van der Waals surface area contributed by atoms with E-state index in [0.29, 0.717) is 11.5 Å². The lowest BCUT2D eigenvalue weighted by atomic mass is 10.0. The number of hydrogen-bond donors (Lipinski definition) is 1. The Balaban J connectivity index is 2.15. The molecule has 1 fully saturated rings. The van der Waals surface area contributed by atoms with Gasteiger partial charge in [0.25, 0.3) is 0 Å². The van der Waals surface area contributed by atoms with Gasteiger partial charge in [-0.2, -0.15) is 5.26 Å². The number of nitriles is 1. The molecule has 0 atom stereocenters. The van der Waals surface area contributed by atoms with Gasteiger partial charge < -0.3 is 10.2 Å². The molecule has 1 aromatic rings. The second-order valence-corrected chi connectivity index (χ2v) is 4.62. The van der Waals surface area contributed by atoms with Crippen molar-refractivity contribution in [3.63, 3.8) is 0 Å². The first-order valence-electron chi connectivity index (χ1n) is 5.33. The minimum Gasteiger partial charge on any atom is -0.338 e. The molecule has 0 saturated carbocycles. The van der Waals surface area contributed by atoms with E-state index in [9.17, 15) is 0 Å². The van der Waals surface area contributed by atoms with Crippen LogP contribution >= 0.6 is 0 Å².